The van der Waals surface area contributed by atoms with Gasteiger partial charge in [-0.2, -0.15) is 0 Å². The van der Waals surface area contributed by atoms with Gasteiger partial charge in [0.2, 0.25) is 0 Å². The summed E-state index contributed by atoms with van der Waals surface area (Å²) in [7, 11) is 0. The molecule has 0 amide bonds. The Morgan fingerprint density at radius 2 is 1.53 bits per heavy atom. The molecule has 0 bridgehead atoms. The van der Waals surface area contributed by atoms with E-state index in [1.54, 1.807) is 0 Å². The van der Waals surface area contributed by atoms with Gasteiger partial charge in [-0.3, -0.25) is 4.79 Å². The lowest BCUT2D eigenvalue weighted by atomic mass is 10.1. The van der Waals surface area contributed by atoms with Crippen LogP contribution >= 0.6 is 0 Å². The standard InChI is InChI=1S/C15H28O2/c1-3-4-5-6-7-8-9-10-11-12-13-14-17-15(2)16/h7-8H,3-6,9-14H2,1-2H3. The minimum Gasteiger partial charge on any atom is -0.466 e. The maximum absolute atomic E-state index is 10.5. The highest BCUT2D eigenvalue weighted by molar-refractivity contribution is 5.65. The minimum absolute atomic E-state index is 0.167. The SMILES string of the molecule is CCCCCC=CCCCCCCOC(C)=O. The first kappa shape index (κ1) is 16.2. The molecule has 2 heteroatoms. The highest BCUT2D eigenvalue weighted by Gasteiger charge is 1.92. The fraction of sp³-hybridized carbons (Fsp3) is 0.800. The van der Waals surface area contributed by atoms with E-state index in [1.165, 1.54) is 51.9 Å². The molecule has 0 N–H and O–H groups in total. The molecule has 0 rings (SSSR count). The molecule has 0 aromatic carbocycles. The van der Waals surface area contributed by atoms with E-state index < -0.39 is 0 Å². The van der Waals surface area contributed by atoms with Crippen molar-refractivity contribution in [3.8, 4) is 0 Å². The van der Waals surface area contributed by atoms with Crippen LogP contribution in [0.3, 0.4) is 0 Å². The van der Waals surface area contributed by atoms with Gasteiger partial charge in [0.15, 0.2) is 0 Å². The summed E-state index contributed by atoms with van der Waals surface area (Å²) in [5.41, 5.74) is 0. The van der Waals surface area contributed by atoms with Crippen LogP contribution in [0.5, 0.6) is 0 Å². The van der Waals surface area contributed by atoms with Crippen LogP contribution in [0.15, 0.2) is 12.2 Å². The third kappa shape index (κ3) is 15.2. The van der Waals surface area contributed by atoms with Crippen LogP contribution in [0.25, 0.3) is 0 Å². The first-order chi connectivity index (χ1) is 8.27. The average Bonchev–Trinajstić information content (AvgIpc) is 2.30. The summed E-state index contributed by atoms with van der Waals surface area (Å²) in [5.74, 6) is -0.167. The topological polar surface area (TPSA) is 26.3 Å². The molecule has 0 fully saturated rings. The van der Waals surface area contributed by atoms with E-state index in [-0.39, 0.29) is 5.97 Å². The van der Waals surface area contributed by atoms with E-state index in [2.05, 4.69) is 19.1 Å². The Morgan fingerprint density at radius 1 is 0.941 bits per heavy atom. The second-order valence-corrected chi connectivity index (χ2v) is 4.51. The smallest absolute Gasteiger partial charge is 0.302 e. The van der Waals surface area contributed by atoms with Gasteiger partial charge in [-0.15, -0.1) is 0 Å². The molecule has 0 aromatic heterocycles. The van der Waals surface area contributed by atoms with Crippen molar-refractivity contribution in [3.63, 3.8) is 0 Å². The van der Waals surface area contributed by atoms with Crippen molar-refractivity contribution >= 4 is 5.97 Å². The lowest BCUT2D eigenvalue weighted by Gasteiger charge is -2.01. The summed E-state index contributed by atoms with van der Waals surface area (Å²) in [5, 5.41) is 0. The maximum Gasteiger partial charge on any atom is 0.302 e. The van der Waals surface area contributed by atoms with Crippen molar-refractivity contribution in [2.45, 2.75) is 71.6 Å². The number of hydrogen-bond acceptors (Lipinski definition) is 2. The number of carbonyl (C=O) groups excluding carboxylic acids is 1. The minimum atomic E-state index is -0.167. The van der Waals surface area contributed by atoms with E-state index in [4.69, 9.17) is 4.74 Å². The van der Waals surface area contributed by atoms with Crippen LogP contribution in [0.2, 0.25) is 0 Å². The number of hydrogen-bond donors (Lipinski definition) is 0. The Labute approximate surface area is 106 Å². The lowest BCUT2D eigenvalue weighted by Crippen LogP contribution is -1.99. The Bertz CT molecular complexity index is 197. The van der Waals surface area contributed by atoms with Crippen molar-refractivity contribution in [1.29, 1.82) is 0 Å². The predicted octanol–water partition coefficient (Wildman–Crippen LogP) is 4.64. The summed E-state index contributed by atoms with van der Waals surface area (Å²) in [6, 6.07) is 0. The molecule has 0 aliphatic carbocycles. The molecule has 0 radical (unpaired) electrons. The zero-order chi connectivity index (χ0) is 12.8. The first-order valence-electron chi connectivity index (χ1n) is 7.05. The first-order valence-corrected chi connectivity index (χ1v) is 7.05. The van der Waals surface area contributed by atoms with Crippen molar-refractivity contribution in [3.05, 3.63) is 12.2 Å². The molecular weight excluding hydrogens is 212 g/mol. The Kier molecular flexibility index (Phi) is 12.7. The van der Waals surface area contributed by atoms with Crippen molar-refractivity contribution in [1.82, 2.24) is 0 Å². The number of esters is 1. The van der Waals surface area contributed by atoms with E-state index in [0.29, 0.717) is 6.61 Å². The van der Waals surface area contributed by atoms with Crippen LogP contribution in [-0.4, -0.2) is 12.6 Å². The van der Waals surface area contributed by atoms with Gasteiger partial charge in [0.25, 0.3) is 0 Å². The zero-order valence-electron chi connectivity index (χ0n) is 11.5. The molecular formula is C15H28O2. The quantitative estimate of drug-likeness (QED) is 0.299. The second kappa shape index (κ2) is 13.3. The fourth-order valence-corrected chi connectivity index (χ4v) is 1.68. The van der Waals surface area contributed by atoms with Gasteiger partial charge in [-0.1, -0.05) is 44.8 Å². The van der Waals surface area contributed by atoms with Gasteiger partial charge in [0.1, 0.15) is 0 Å². The fourth-order valence-electron chi connectivity index (χ4n) is 1.68. The van der Waals surface area contributed by atoms with E-state index in [0.717, 1.165) is 12.8 Å². The summed E-state index contributed by atoms with van der Waals surface area (Å²) in [4.78, 5) is 10.5. The summed E-state index contributed by atoms with van der Waals surface area (Å²) in [6.07, 6.45) is 15.7. The van der Waals surface area contributed by atoms with Gasteiger partial charge in [0, 0.05) is 6.92 Å². The largest absolute Gasteiger partial charge is 0.466 e. The normalized spacial score (nSPS) is 10.9. The van der Waals surface area contributed by atoms with Crippen molar-refractivity contribution in [2.75, 3.05) is 6.61 Å². The molecule has 0 saturated heterocycles. The molecule has 0 unspecified atom stereocenters. The van der Waals surface area contributed by atoms with Gasteiger partial charge in [0.05, 0.1) is 6.61 Å². The summed E-state index contributed by atoms with van der Waals surface area (Å²) >= 11 is 0. The van der Waals surface area contributed by atoms with Crippen LogP contribution in [0.1, 0.15) is 71.6 Å². The third-order valence-corrected chi connectivity index (χ3v) is 2.71. The molecule has 2 nitrogen and oxygen atoms in total. The Morgan fingerprint density at radius 3 is 2.12 bits per heavy atom. The third-order valence-electron chi connectivity index (χ3n) is 2.71. The van der Waals surface area contributed by atoms with Gasteiger partial charge in [-0.25, -0.2) is 0 Å². The van der Waals surface area contributed by atoms with Crippen molar-refractivity contribution in [2.24, 2.45) is 0 Å². The Hall–Kier alpha value is -0.790. The molecule has 0 spiro atoms. The summed E-state index contributed by atoms with van der Waals surface area (Å²) in [6.45, 7) is 4.28. The van der Waals surface area contributed by atoms with Gasteiger partial charge >= 0.3 is 5.97 Å². The molecule has 100 valence electrons. The van der Waals surface area contributed by atoms with Crippen LogP contribution in [0, 0.1) is 0 Å². The van der Waals surface area contributed by atoms with Crippen LogP contribution < -0.4 is 0 Å². The molecule has 0 heterocycles. The number of rotatable bonds is 11. The average molecular weight is 240 g/mol. The zero-order valence-corrected chi connectivity index (χ0v) is 11.5. The molecule has 0 aliphatic rings. The van der Waals surface area contributed by atoms with Crippen molar-refractivity contribution < 1.29 is 9.53 Å². The van der Waals surface area contributed by atoms with Crippen LogP contribution in [-0.2, 0) is 9.53 Å². The molecule has 0 aliphatic heterocycles. The summed E-state index contributed by atoms with van der Waals surface area (Å²) < 4.78 is 4.87. The molecule has 17 heavy (non-hydrogen) atoms. The van der Waals surface area contributed by atoms with Gasteiger partial charge in [-0.05, 0) is 32.1 Å². The molecule has 0 atom stereocenters. The predicted molar refractivity (Wildman–Crippen MR) is 73.0 cm³/mol. The van der Waals surface area contributed by atoms with Crippen LogP contribution in [0.4, 0.5) is 0 Å². The van der Waals surface area contributed by atoms with Gasteiger partial charge < -0.3 is 4.74 Å². The number of ether oxygens (including phenoxy) is 1. The van der Waals surface area contributed by atoms with E-state index >= 15 is 0 Å². The maximum atomic E-state index is 10.5. The Balaban J connectivity index is 3.05. The highest BCUT2D eigenvalue weighted by atomic mass is 16.5. The number of carbonyl (C=O) groups is 1. The lowest BCUT2D eigenvalue weighted by molar-refractivity contribution is -0.141. The molecule has 0 saturated carbocycles. The van der Waals surface area contributed by atoms with E-state index in [9.17, 15) is 4.79 Å². The number of unbranched alkanes of at least 4 members (excludes halogenated alkanes) is 7. The highest BCUT2D eigenvalue weighted by Crippen LogP contribution is 2.05. The molecule has 0 aromatic rings. The number of allylic oxidation sites excluding steroid dienone is 2. The monoisotopic (exact) mass is 240 g/mol. The second-order valence-electron chi connectivity index (χ2n) is 4.51. The van der Waals surface area contributed by atoms with E-state index in [1.807, 2.05) is 0 Å².